The second-order valence-electron chi connectivity index (χ2n) is 10.6. The Morgan fingerprint density at radius 3 is 2.36 bits per heavy atom. The fourth-order valence-corrected chi connectivity index (χ4v) is 6.13. The Morgan fingerprint density at radius 1 is 1.03 bits per heavy atom. The number of benzene rings is 2. The number of carbonyl (C=O) groups is 3. The number of amides is 2. The van der Waals surface area contributed by atoms with Gasteiger partial charge in [0, 0.05) is 36.9 Å². The molecule has 0 unspecified atom stereocenters. The van der Waals surface area contributed by atoms with Gasteiger partial charge in [-0.2, -0.15) is 0 Å². The van der Waals surface area contributed by atoms with Crippen molar-refractivity contribution >= 4 is 29.1 Å². The van der Waals surface area contributed by atoms with Crippen molar-refractivity contribution in [1.82, 2.24) is 15.2 Å². The minimum atomic E-state index is -0.907. The number of ketones is 1. The first kappa shape index (κ1) is 28.5. The number of hydrogen-bond donors (Lipinski definition) is 2. The van der Waals surface area contributed by atoms with Crippen LogP contribution in [0.3, 0.4) is 0 Å². The molecule has 39 heavy (non-hydrogen) atoms. The van der Waals surface area contributed by atoms with E-state index in [0.717, 1.165) is 47.5 Å². The second-order valence-corrected chi connectivity index (χ2v) is 11.5. The molecule has 0 radical (unpaired) electrons. The third kappa shape index (κ3) is 7.99. The molecule has 2 N–H and O–H groups in total. The smallest absolute Gasteiger partial charge is 0.407 e. The van der Waals surface area contributed by atoms with E-state index in [1.54, 1.807) is 11.3 Å². The molecule has 1 fully saturated rings. The molecule has 8 heteroatoms. The van der Waals surface area contributed by atoms with Crippen molar-refractivity contribution in [2.75, 3.05) is 13.1 Å². The maximum absolute atomic E-state index is 12.3. The lowest BCUT2D eigenvalue weighted by molar-refractivity contribution is -0.138. The fourth-order valence-electron chi connectivity index (χ4n) is 5.15. The number of hydrogen-bond acceptors (Lipinski definition) is 5. The van der Waals surface area contributed by atoms with Gasteiger partial charge < -0.3 is 15.3 Å². The molecule has 2 aromatic carbocycles. The van der Waals surface area contributed by atoms with E-state index in [9.17, 15) is 19.5 Å². The molecule has 0 aliphatic heterocycles. The van der Waals surface area contributed by atoms with Gasteiger partial charge in [0.05, 0.1) is 16.7 Å². The Balaban J connectivity index is 1.21. The van der Waals surface area contributed by atoms with E-state index in [1.807, 2.05) is 55.5 Å². The summed E-state index contributed by atoms with van der Waals surface area (Å²) >= 11 is 1.65. The molecule has 7 nitrogen and oxygen atoms in total. The summed E-state index contributed by atoms with van der Waals surface area (Å²) in [5, 5.41) is 15.8. The van der Waals surface area contributed by atoms with Crippen LogP contribution in [0.1, 0.15) is 68.5 Å². The maximum Gasteiger partial charge on any atom is 0.407 e. The maximum atomic E-state index is 12.3. The first-order valence-electron chi connectivity index (χ1n) is 13.7. The van der Waals surface area contributed by atoms with E-state index in [0.29, 0.717) is 32.4 Å². The van der Waals surface area contributed by atoms with Crippen LogP contribution in [0.15, 0.2) is 66.0 Å². The van der Waals surface area contributed by atoms with Gasteiger partial charge in [-0.1, -0.05) is 73.5 Å². The highest BCUT2D eigenvalue weighted by Crippen LogP contribution is 2.45. The largest absolute Gasteiger partial charge is 0.465 e. The van der Waals surface area contributed by atoms with E-state index in [-0.39, 0.29) is 17.9 Å². The minimum absolute atomic E-state index is 0.0618. The van der Waals surface area contributed by atoms with Gasteiger partial charge in [0.1, 0.15) is 0 Å². The Labute approximate surface area is 234 Å². The normalized spacial score (nSPS) is 14.7. The van der Waals surface area contributed by atoms with Crippen LogP contribution in [0, 0.1) is 5.41 Å². The average Bonchev–Trinajstić information content (AvgIpc) is 3.39. The molecule has 1 aromatic heterocycles. The van der Waals surface area contributed by atoms with Crippen LogP contribution in [0.25, 0.3) is 11.3 Å². The van der Waals surface area contributed by atoms with Gasteiger partial charge in [-0.3, -0.25) is 9.59 Å². The Morgan fingerprint density at radius 2 is 1.72 bits per heavy atom. The molecular formula is C31H37N3O4S. The van der Waals surface area contributed by atoms with Gasteiger partial charge in [-0.25, -0.2) is 9.78 Å². The Kier molecular flexibility index (Phi) is 9.87. The molecule has 0 spiro atoms. The van der Waals surface area contributed by atoms with Gasteiger partial charge in [0.25, 0.3) is 5.91 Å². The quantitative estimate of drug-likeness (QED) is 0.177. The number of thiazole rings is 1. The summed E-state index contributed by atoms with van der Waals surface area (Å²) in [6.07, 6.45) is 5.07. The first-order valence-corrected chi connectivity index (χ1v) is 14.6. The summed E-state index contributed by atoms with van der Waals surface area (Å²) in [7, 11) is 0. The molecule has 1 saturated carbocycles. The lowest BCUT2D eigenvalue weighted by atomic mass is 9.66. The molecule has 3 aromatic rings. The van der Waals surface area contributed by atoms with Crippen LogP contribution >= 0.6 is 11.3 Å². The molecule has 1 atom stereocenters. The SMILES string of the molecule is C[C@@H](NC(=O)C(=O)CCCCCN(CC1(Cc2nc(-c3ccccc3)cs2)CCC1)C(=O)O)c1ccccc1. The van der Waals surface area contributed by atoms with Crippen LogP contribution in [-0.2, 0) is 16.0 Å². The number of carboxylic acid groups (broad SMARTS) is 1. The molecule has 1 aliphatic rings. The summed E-state index contributed by atoms with van der Waals surface area (Å²) in [6.45, 7) is 2.78. The van der Waals surface area contributed by atoms with Crippen LogP contribution in [-0.4, -0.2) is 45.9 Å². The number of carbonyl (C=O) groups excluding carboxylic acids is 2. The summed E-state index contributed by atoms with van der Waals surface area (Å²) in [4.78, 5) is 43.0. The first-order chi connectivity index (χ1) is 18.8. The Bertz CT molecular complexity index is 1240. The molecule has 1 heterocycles. The molecular weight excluding hydrogens is 510 g/mol. The number of nitrogens with one attached hydrogen (secondary N) is 1. The van der Waals surface area contributed by atoms with Gasteiger partial charge in [0.15, 0.2) is 0 Å². The van der Waals surface area contributed by atoms with E-state index in [2.05, 4.69) is 22.8 Å². The van der Waals surface area contributed by atoms with Crippen molar-refractivity contribution in [3.8, 4) is 11.3 Å². The number of Topliss-reactive ketones (excluding diaryl/α,β-unsaturated/α-hetero) is 1. The predicted octanol–water partition coefficient (Wildman–Crippen LogP) is 6.51. The number of nitrogens with zero attached hydrogens (tertiary/aromatic N) is 2. The molecule has 2 amide bonds. The highest BCUT2D eigenvalue weighted by molar-refractivity contribution is 7.09. The molecule has 1 aliphatic carbocycles. The number of unbranched alkanes of at least 4 members (excludes halogenated alkanes) is 2. The van der Waals surface area contributed by atoms with Crippen molar-refractivity contribution in [1.29, 1.82) is 0 Å². The standard InChI is InChI=1S/C31H37N3O4S/c1-23(24-12-5-2-6-13-24)32-29(36)27(35)16-9-4-10-19-34(30(37)38)22-31(17-11-18-31)20-28-33-26(21-39-28)25-14-7-3-8-15-25/h2-3,5-8,12-15,21,23H,4,9-11,16-20,22H2,1H3,(H,32,36)(H,37,38)/t23-/m1/s1. The van der Waals surface area contributed by atoms with Crippen molar-refractivity contribution < 1.29 is 19.5 Å². The highest BCUT2D eigenvalue weighted by atomic mass is 32.1. The van der Waals surface area contributed by atoms with Crippen molar-refractivity contribution in [3.05, 3.63) is 76.6 Å². The number of aromatic nitrogens is 1. The van der Waals surface area contributed by atoms with Crippen molar-refractivity contribution in [3.63, 3.8) is 0 Å². The fraction of sp³-hybridized carbons (Fsp3) is 0.419. The van der Waals surface area contributed by atoms with E-state index >= 15 is 0 Å². The van der Waals surface area contributed by atoms with Gasteiger partial charge in [-0.15, -0.1) is 11.3 Å². The summed E-state index contributed by atoms with van der Waals surface area (Å²) in [5.41, 5.74) is 2.95. The van der Waals surface area contributed by atoms with Crippen LogP contribution in [0.5, 0.6) is 0 Å². The van der Waals surface area contributed by atoms with Crippen molar-refractivity contribution in [2.24, 2.45) is 5.41 Å². The zero-order valence-electron chi connectivity index (χ0n) is 22.5. The van der Waals surface area contributed by atoms with Crippen LogP contribution < -0.4 is 5.32 Å². The summed E-state index contributed by atoms with van der Waals surface area (Å²) in [5.74, 6) is -0.998. The molecule has 4 rings (SSSR count). The van der Waals surface area contributed by atoms with E-state index < -0.39 is 17.8 Å². The van der Waals surface area contributed by atoms with Crippen molar-refractivity contribution in [2.45, 2.75) is 64.3 Å². The summed E-state index contributed by atoms with van der Waals surface area (Å²) < 4.78 is 0. The zero-order chi connectivity index (χ0) is 27.7. The Hall–Kier alpha value is -3.52. The van der Waals surface area contributed by atoms with Crippen LogP contribution in [0.2, 0.25) is 0 Å². The van der Waals surface area contributed by atoms with Gasteiger partial charge in [-0.05, 0) is 43.6 Å². The lowest BCUT2D eigenvalue weighted by Crippen LogP contribution is -2.46. The highest BCUT2D eigenvalue weighted by Gasteiger charge is 2.40. The van der Waals surface area contributed by atoms with E-state index in [1.165, 1.54) is 4.90 Å². The lowest BCUT2D eigenvalue weighted by Gasteiger charge is -2.44. The minimum Gasteiger partial charge on any atom is -0.465 e. The van der Waals surface area contributed by atoms with E-state index in [4.69, 9.17) is 4.98 Å². The van der Waals surface area contributed by atoms with Gasteiger partial charge in [0.2, 0.25) is 5.78 Å². The zero-order valence-corrected chi connectivity index (χ0v) is 23.3. The van der Waals surface area contributed by atoms with Gasteiger partial charge >= 0.3 is 6.09 Å². The monoisotopic (exact) mass is 547 g/mol. The topological polar surface area (TPSA) is 99.6 Å². The molecule has 206 valence electrons. The number of rotatable bonds is 14. The molecule has 0 saturated heterocycles. The third-order valence-corrected chi connectivity index (χ3v) is 8.44. The summed E-state index contributed by atoms with van der Waals surface area (Å²) in [6, 6.07) is 19.4. The third-order valence-electron chi connectivity index (χ3n) is 7.59. The second kappa shape index (κ2) is 13.5. The predicted molar refractivity (Wildman–Crippen MR) is 154 cm³/mol. The van der Waals surface area contributed by atoms with Crippen LogP contribution in [0.4, 0.5) is 4.79 Å². The average molecular weight is 548 g/mol. The molecule has 0 bridgehead atoms.